The minimum absolute atomic E-state index is 0.488. The fraction of sp³-hybridized carbons (Fsp3) is 0.417. The van der Waals surface area contributed by atoms with Crippen LogP contribution in [0, 0.1) is 0 Å². The number of aryl methyl sites for hydroxylation is 1. The molecule has 0 spiro atoms. The van der Waals surface area contributed by atoms with E-state index in [2.05, 4.69) is 22.5 Å². The highest BCUT2D eigenvalue weighted by atomic mass is 14.9. The Kier molecular flexibility index (Phi) is 2.73. The molecule has 3 nitrogen and oxygen atoms in total. The molecule has 0 amide bonds. The molecular weight excluding hydrogens is 186 g/mol. The second kappa shape index (κ2) is 4.03. The first-order chi connectivity index (χ1) is 7.22. The number of nitrogens with zero attached hydrogens (tertiary/aromatic N) is 2. The summed E-state index contributed by atoms with van der Waals surface area (Å²) in [6.07, 6.45) is 5.01. The number of pyridine rings is 1. The van der Waals surface area contributed by atoms with Gasteiger partial charge in [-0.25, -0.2) is 0 Å². The average molecular weight is 203 g/mol. The predicted molar refractivity (Wildman–Crippen MR) is 62.8 cm³/mol. The van der Waals surface area contributed by atoms with Crippen LogP contribution in [0.2, 0.25) is 0 Å². The lowest BCUT2D eigenvalue weighted by Gasteiger charge is -2.10. The van der Waals surface area contributed by atoms with E-state index < -0.39 is 0 Å². The van der Waals surface area contributed by atoms with Crippen LogP contribution < -0.4 is 5.73 Å². The quantitative estimate of drug-likeness (QED) is 0.829. The molecule has 0 fully saturated rings. The highest BCUT2D eigenvalue weighted by Gasteiger charge is 2.07. The van der Waals surface area contributed by atoms with Gasteiger partial charge in [0.1, 0.15) is 0 Å². The molecule has 0 bridgehead atoms. The molecule has 1 atom stereocenters. The zero-order valence-corrected chi connectivity index (χ0v) is 9.27. The summed E-state index contributed by atoms with van der Waals surface area (Å²) >= 11 is 0. The second-order valence-electron chi connectivity index (χ2n) is 4.08. The van der Waals surface area contributed by atoms with Gasteiger partial charge in [-0.05, 0) is 36.6 Å². The average Bonchev–Trinajstić information content (AvgIpc) is 2.60. The number of hydrogen-bond acceptors (Lipinski definition) is 2. The maximum Gasteiger partial charge on any atom is 0.0881 e. The Bertz CT molecular complexity index is 459. The van der Waals surface area contributed by atoms with Crippen molar-refractivity contribution in [2.75, 3.05) is 6.54 Å². The molecule has 2 aromatic rings. The van der Waals surface area contributed by atoms with Gasteiger partial charge < -0.3 is 10.3 Å². The molecule has 3 heteroatoms. The van der Waals surface area contributed by atoms with Gasteiger partial charge in [-0.2, -0.15) is 0 Å². The van der Waals surface area contributed by atoms with Gasteiger partial charge in [-0.1, -0.05) is 6.92 Å². The zero-order valence-electron chi connectivity index (χ0n) is 9.27. The third kappa shape index (κ3) is 1.88. The SMILES string of the molecule is CC(CCN)c1cnc2ccn(C)c2c1. The van der Waals surface area contributed by atoms with Crippen molar-refractivity contribution in [2.45, 2.75) is 19.3 Å². The van der Waals surface area contributed by atoms with E-state index in [0.717, 1.165) is 18.5 Å². The number of nitrogens with two attached hydrogens (primary N) is 1. The Morgan fingerprint density at radius 1 is 1.53 bits per heavy atom. The van der Waals surface area contributed by atoms with Gasteiger partial charge in [0.05, 0.1) is 11.0 Å². The van der Waals surface area contributed by atoms with Gasteiger partial charge in [-0.15, -0.1) is 0 Å². The van der Waals surface area contributed by atoms with Gasteiger partial charge in [0.25, 0.3) is 0 Å². The number of aromatic nitrogens is 2. The fourth-order valence-electron chi connectivity index (χ4n) is 1.84. The van der Waals surface area contributed by atoms with Crippen molar-refractivity contribution in [3.05, 3.63) is 30.1 Å². The molecule has 80 valence electrons. The van der Waals surface area contributed by atoms with Gasteiger partial charge in [0, 0.05) is 19.4 Å². The molecule has 0 aromatic carbocycles. The monoisotopic (exact) mass is 203 g/mol. The van der Waals surface area contributed by atoms with Crippen LogP contribution in [0.5, 0.6) is 0 Å². The van der Waals surface area contributed by atoms with Crippen LogP contribution in [-0.4, -0.2) is 16.1 Å². The summed E-state index contributed by atoms with van der Waals surface area (Å²) in [6, 6.07) is 4.25. The maximum atomic E-state index is 5.56. The van der Waals surface area contributed by atoms with E-state index >= 15 is 0 Å². The molecule has 2 rings (SSSR count). The lowest BCUT2D eigenvalue weighted by atomic mass is 9.99. The largest absolute Gasteiger partial charge is 0.349 e. The Morgan fingerprint density at radius 2 is 2.33 bits per heavy atom. The van der Waals surface area contributed by atoms with Crippen molar-refractivity contribution in [3.63, 3.8) is 0 Å². The van der Waals surface area contributed by atoms with Crippen LogP contribution >= 0.6 is 0 Å². The summed E-state index contributed by atoms with van der Waals surface area (Å²) in [7, 11) is 2.04. The van der Waals surface area contributed by atoms with E-state index in [1.807, 2.05) is 25.5 Å². The Hall–Kier alpha value is -1.35. The molecule has 2 heterocycles. The smallest absolute Gasteiger partial charge is 0.0881 e. The van der Waals surface area contributed by atoms with Crippen LogP contribution in [0.3, 0.4) is 0 Å². The molecular formula is C12H17N3. The lowest BCUT2D eigenvalue weighted by molar-refractivity contribution is 0.688. The van der Waals surface area contributed by atoms with E-state index in [0.29, 0.717) is 5.92 Å². The van der Waals surface area contributed by atoms with Gasteiger partial charge >= 0.3 is 0 Å². The summed E-state index contributed by atoms with van der Waals surface area (Å²) < 4.78 is 2.10. The van der Waals surface area contributed by atoms with Crippen molar-refractivity contribution in [1.82, 2.24) is 9.55 Å². The second-order valence-corrected chi connectivity index (χ2v) is 4.08. The van der Waals surface area contributed by atoms with Crippen LogP contribution in [0.4, 0.5) is 0 Å². The highest BCUT2D eigenvalue weighted by Crippen LogP contribution is 2.21. The summed E-state index contributed by atoms with van der Waals surface area (Å²) in [5.74, 6) is 0.488. The van der Waals surface area contributed by atoms with Crippen LogP contribution in [-0.2, 0) is 7.05 Å². The van der Waals surface area contributed by atoms with Crippen LogP contribution in [0.1, 0.15) is 24.8 Å². The molecule has 0 saturated heterocycles. The molecule has 0 aliphatic carbocycles. The highest BCUT2D eigenvalue weighted by molar-refractivity contribution is 5.76. The molecule has 0 aliphatic heterocycles. The normalized spacial score (nSPS) is 13.3. The van der Waals surface area contributed by atoms with Crippen molar-refractivity contribution in [2.24, 2.45) is 12.8 Å². The van der Waals surface area contributed by atoms with E-state index in [1.54, 1.807) is 0 Å². The van der Waals surface area contributed by atoms with Crippen molar-refractivity contribution in [3.8, 4) is 0 Å². The summed E-state index contributed by atoms with van der Waals surface area (Å²) in [5, 5.41) is 0. The first-order valence-electron chi connectivity index (χ1n) is 5.33. The minimum Gasteiger partial charge on any atom is -0.349 e. The molecule has 1 unspecified atom stereocenters. The topological polar surface area (TPSA) is 43.8 Å². The number of hydrogen-bond donors (Lipinski definition) is 1. The predicted octanol–water partition coefficient (Wildman–Crippen LogP) is 2.03. The third-order valence-corrected chi connectivity index (χ3v) is 2.92. The van der Waals surface area contributed by atoms with Gasteiger partial charge in [0.2, 0.25) is 0 Å². The van der Waals surface area contributed by atoms with Crippen LogP contribution in [0.25, 0.3) is 11.0 Å². The minimum atomic E-state index is 0.488. The summed E-state index contributed by atoms with van der Waals surface area (Å²) in [6.45, 7) is 2.92. The van der Waals surface area contributed by atoms with Gasteiger partial charge in [-0.3, -0.25) is 4.98 Å². The first-order valence-corrected chi connectivity index (χ1v) is 5.33. The Labute approximate surface area is 89.9 Å². The molecule has 0 radical (unpaired) electrons. The van der Waals surface area contributed by atoms with Gasteiger partial charge in [0.15, 0.2) is 0 Å². The van der Waals surface area contributed by atoms with Crippen LogP contribution in [0.15, 0.2) is 24.5 Å². The van der Waals surface area contributed by atoms with Crippen molar-refractivity contribution < 1.29 is 0 Å². The Morgan fingerprint density at radius 3 is 3.07 bits per heavy atom. The number of rotatable bonds is 3. The fourth-order valence-corrected chi connectivity index (χ4v) is 1.84. The van der Waals surface area contributed by atoms with E-state index in [1.165, 1.54) is 11.1 Å². The number of fused-ring (bicyclic) bond motifs is 1. The Balaban J connectivity index is 2.41. The maximum absolute atomic E-state index is 5.56. The molecule has 15 heavy (non-hydrogen) atoms. The van der Waals surface area contributed by atoms with E-state index in [9.17, 15) is 0 Å². The van der Waals surface area contributed by atoms with Crippen molar-refractivity contribution in [1.29, 1.82) is 0 Å². The third-order valence-electron chi connectivity index (χ3n) is 2.92. The molecule has 0 saturated carbocycles. The standard InChI is InChI=1S/C12H17N3/c1-9(3-5-13)10-7-12-11(14-8-10)4-6-15(12)2/h4,6-9H,3,5,13H2,1-2H3. The molecule has 2 N–H and O–H groups in total. The first kappa shape index (κ1) is 10.2. The lowest BCUT2D eigenvalue weighted by Crippen LogP contribution is -2.05. The molecule has 2 aromatic heterocycles. The zero-order chi connectivity index (χ0) is 10.8. The summed E-state index contributed by atoms with van der Waals surface area (Å²) in [5.41, 5.74) is 9.08. The van der Waals surface area contributed by atoms with E-state index in [-0.39, 0.29) is 0 Å². The molecule has 0 aliphatic rings. The summed E-state index contributed by atoms with van der Waals surface area (Å²) in [4.78, 5) is 4.44. The van der Waals surface area contributed by atoms with E-state index in [4.69, 9.17) is 5.73 Å². The van der Waals surface area contributed by atoms with Crippen molar-refractivity contribution >= 4 is 11.0 Å².